The third-order valence-corrected chi connectivity index (χ3v) is 7.38. The molecule has 0 bridgehead atoms. The van der Waals surface area contributed by atoms with Gasteiger partial charge in [0.2, 0.25) is 0 Å². The maximum absolute atomic E-state index is 11.6. The van der Waals surface area contributed by atoms with E-state index < -0.39 is 11.6 Å². The Hall–Kier alpha value is -0.610. The summed E-state index contributed by atoms with van der Waals surface area (Å²) >= 11 is 3.58. The first-order valence-corrected chi connectivity index (χ1v) is 10.1. The van der Waals surface area contributed by atoms with Crippen molar-refractivity contribution in [2.45, 2.75) is 71.3 Å². The highest BCUT2D eigenvalue weighted by Gasteiger charge is 2.50. The largest absolute Gasteiger partial charge is 0.429 e. The Balaban J connectivity index is 1.64. The average molecular weight is 397 g/mol. The van der Waals surface area contributed by atoms with E-state index in [1.807, 2.05) is 0 Å². The van der Waals surface area contributed by atoms with Crippen LogP contribution >= 0.6 is 15.9 Å². The van der Waals surface area contributed by atoms with Gasteiger partial charge >= 0.3 is 5.97 Å². The Bertz CT molecular complexity index is 577. The summed E-state index contributed by atoms with van der Waals surface area (Å²) in [6.45, 7) is 6.32. The number of cyclic esters (lactones) is 1. The molecule has 0 saturated heterocycles. The monoisotopic (exact) mass is 396 g/mol. The van der Waals surface area contributed by atoms with Crippen molar-refractivity contribution < 1.29 is 14.6 Å². The summed E-state index contributed by atoms with van der Waals surface area (Å²) in [4.78, 5) is 13.8. The number of fused-ring (bicyclic) bond motifs is 1. The maximum atomic E-state index is 11.6. The van der Waals surface area contributed by atoms with Gasteiger partial charge in [0.25, 0.3) is 0 Å². The molecule has 24 heavy (non-hydrogen) atoms. The molecule has 4 heteroatoms. The fraction of sp³-hybridized carbons (Fsp3) is 0.750. The molecule has 134 valence electrons. The minimum absolute atomic E-state index is 0.406. The Kier molecular flexibility index (Phi) is 5.00. The van der Waals surface area contributed by atoms with Gasteiger partial charge in [-0.15, -0.1) is 0 Å². The van der Waals surface area contributed by atoms with E-state index in [1.54, 1.807) is 11.6 Å². The van der Waals surface area contributed by atoms with Crippen LogP contribution in [0.5, 0.6) is 0 Å². The third kappa shape index (κ3) is 3.12. The number of aliphatic hydroxyl groups is 1. The molecule has 3 rings (SSSR count). The van der Waals surface area contributed by atoms with Crippen LogP contribution in [0.2, 0.25) is 0 Å². The van der Waals surface area contributed by atoms with Gasteiger partial charge < -0.3 is 9.84 Å². The van der Waals surface area contributed by atoms with Crippen molar-refractivity contribution >= 4 is 21.9 Å². The van der Waals surface area contributed by atoms with Crippen molar-refractivity contribution in [3.05, 3.63) is 22.4 Å². The zero-order valence-corrected chi connectivity index (χ0v) is 16.6. The van der Waals surface area contributed by atoms with Gasteiger partial charge in [-0.05, 0) is 79.7 Å². The van der Waals surface area contributed by atoms with Gasteiger partial charge in [-0.25, -0.2) is 4.79 Å². The van der Waals surface area contributed by atoms with Crippen LogP contribution in [0.25, 0.3) is 0 Å². The highest BCUT2D eigenvalue weighted by Crippen LogP contribution is 2.60. The van der Waals surface area contributed by atoms with Gasteiger partial charge in [-0.1, -0.05) is 35.4 Å². The molecule has 1 aliphatic heterocycles. The topological polar surface area (TPSA) is 46.5 Å². The van der Waals surface area contributed by atoms with Crippen molar-refractivity contribution in [2.75, 3.05) is 0 Å². The number of esters is 1. The van der Waals surface area contributed by atoms with Crippen LogP contribution in [0.15, 0.2) is 22.4 Å². The van der Waals surface area contributed by atoms with Crippen LogP contribution < -0.4 is 0 Å². The molecule has 3 nitrogen and oxygen atoms in total. The predicted molar refractivity (Wildman–Crippen MR) is 98.4 cm³/mol. The number of carbonyl (C=O) groups is 1. The molecule has 0 aromatic heterocycles. The summed E-state index contributed by atoms with van der Waals surface area (Å²) in [5.41, 5.74) is 0.563. The van der Waals surface area contributed by atoms with E-state index in [2.05, 4.69) is 34.8 Å². The van der Waals surface area contributed by atoms with Gasteiger partial charge in [0, 0.05) is 6.42 Å². The van der Waals surface area contributed by atoms with Gasteiger partial charge in [0.15, 0.2) is 5.60 Å². The van der Waals surface area contributed by atoms with E-state index in [4.69, 9.17) is 4.74 Å². The average Bonchev–Trinajstić information content (AvgIpc) is 3.00. The predicted octanol–water partition coefficient (Wildman–Crippen LogP) is 5.09. The minimum atomic E-state index is -1.44. The number of hydrogen-bond acceptors (Lipinski definition) is 3. The van der Waals surface area contributed by atoms with Gasteiger partial charge in [0.05, 0.1) is 0 Å². The summed E-state index contributed by atoms with van der Waals surface area (Å²) in [6, 6.07) is 0. The Morgan fingerprint density at radius 2 is 2.21 bits per heavy atom. The Labute approximate surface area is 153 Å². The zero-order valence-electron chi connectivity index (χ0n) is 15.0. The van der Waals surface area contributed by atoms with Crippen LogP contribution in [-0.2, 0) is 9.53 Å². The molecule has 1 unspecified atom stereocenters. The lowest BCUT2D eigenvalue weighted by atomic mass is 9.61. The molecule has 0 aromatic carbocycles. The highest BCUT2D eigenvalue weighted by molar-refractivity contribution is 9.11. The number of rotatable bonds is 4. The molecule has 1 heterocycles. The number of halogens is 1. The molecule has 2 saturated carbocycles. The molecule has 3 aliphatic rings. The molecule has 0 aromatic rings. The lowest BCUT2D eigenvalue weighted by Crippen LogP contribution is -2.35. The lowest BCUT2D eigenvalue weighted by Gasteiger charge is -2.44. The molecule has 2 aliphatic carbocycles. The summed E-state index contributed by atoms with van der Waals surface area (Å²) in [6.07, 6.45) is 9.77. The van der Waals surface area contributed by atoms with Crippen molar-refractivity contribution in [3.63, 3.8) is 0 Å². The van der Waals surface area contributed by atoms with Crippen molar-refractivity contribution in [2.24, 2.45) is 23.2 Å². The van der Waals surface area contributed by atoms with Crippen LogP contribution in [0, 0.1) is 23.2 Å². The third-order valence-electron chi connectivity index (χ3n) is 6.79. The SMILES string of the molecule is C[C@H](CCC1=C[C@](C)(O)C(=O)O1)[C@H]1CCC2/C(=C/Br)CCC[C@@]21C. The number of hydrogen-bond donors (Lipinski definition) is 1. The first-order chi connectivity index (χ1) is 11.3. The Morgan fingerprint density at radius 3 is 2.83 bits per heavy atom. The molecule has 0 spiro atoms. The smallest absolute Gasteiger partial charge is 0.347 e. The van der Waals surface area contributed by atoms with Crippen LogP contribution in [0.4, 0.5) is 0 Å². The minimum Gasteiger partial charge on any atom is -0.429 e. The van der Waals surface area contributed by atoms with E-state index in [0.717, 1.165) is 24.7 Å². The van der Waals surface area contributed by atoms with E-state index in [9.17, 15) is 9.90 Å². The molecular weight excluding hydrogens is 368 g/mol. The Morgan fingerprint density at radius 1 is 1.46 bits per heavy atom. The van der Waals surface area contributed by atoms with Crippen LogP contribution in [0.3, 0.4) is 0 Å². The molecule has 5 atom stereocenters. The summed E-state index contributed by atoms with van der Waals surface area (Å²) in [5.74, 6) is 2.14. The van der Waals surface area contributed by atoms with E-state index in [-0.39, 0.29) is 0 Å². The second-order valence-electron chi connectivity index (χ2n) is 8.44. The second kappa shape index (κ2) is 6.60. The van der Waals surface area contributed by atoms with Gasteiger partial charge in [-0.2, -0.15) is 0 Å². The summed E-state index contributed by atoms with van der Waals surface area (Å²) < 4.78 is 5.21. The standard InChI is InChI=1S/C20H29BrO3/c1-13(6-7-15-11-20(3,23)18(22)24-15)16-8-9-17-14(12-21)5-4-10-19(16,17)2/h11-13,16-17,23H,4-10H2,1-3H3/b14-12+/t13-,16-,17?,19-,20+/m1/s1. The maximum Gasteiger partial charge on any atom is 0.347 e. The molecule has 0 amide bonds. The molecular formula is C20H29BrO3. The second-order valence-corrected chi connectivity index (χ2v) is 8.90. The summed E-state index contributed by atoms with van der Waals surface area (Å²) in [5, 5.41) is 9.90. The number of allylic oxidation sites excluding steroid dienone is 2. The normalized spacial score (nSPS) is 42.0. The van der Waals surface area contributed by atoms with Crippen molar-refractivity contribution in [3.8, 4) is 0 Å². The first kappa shape index (κ1) is 18.2. The quantitative estimate of drug-likeness (QED) is 0.673. The fourth-order valence-electron chi connectivity index (χ4n) is 5.46. The zero-order chi connectivity index (χ0) is 17.5. The molecule has 2 fully saturated rings. The highest BCUT2D eigenvalue weighted by atomic mass is 79.9. The number of ether oxygens (including phenoxy) is 1. The van der Waals surface area contributed by atoms with Crippen LogP contribution in [-0.4, -0.2) is 16.7 Å². The van der Waals surface area contributed by atoms with E-state index in [0.29, 0.717) is 17.1 Å². The molecule has 0 radical (unpaired) electrons. The van der Waals surface area contributed by atoms with Gasteiger partial charge in [0.1, 0.15) is 5.76 Å². The number of carbonyl (C=O) groups excluding carboxylic acids is 1. The fourth-order valence-corrected chi connectivity index (χ4v) is 6.01. The summed E-state index contributed by atoms with van der Waals surface area (Å²) in [7, 11) is 0. The van der Waals surface area contributed by atoms with Crippen LogP contribution in [0.1, 0.15) is 65.7 Å². The van der Waals surface area contributed by atoms with Crippen molar-refractivity contribution in [1.82, 2.24) is 0 Å². The lowest BCUT2D eigenvalue weighted by molar-refractivity contribution is -0.150. The van der Waals surface area contributed by atoms with E-state index >= 15 is 0 Å². The van der Waals surface area contributed by atoms with E-state index in [1.165, 1.54) is 39.0 Å². The van der Waals surface area contributed by atoms with Gasteiger partial charge in [-0.3, -0.25) is 0 Å². The molecule has 1 N–H and O–H groups in total. The first-order valence-electron chi connectivity index (χ1n) is 9.23. The van der Waals surface area contributed by atoms with Crippen molar-refractivity contribution in [1.29, 1.82) is 0 Å².